The molecule has 0 saturated heterocycles. The van der Waals surface area contributed by atoms with E-state index in [0.717, 1.165) is 5.69 Å². The number of nitrogens with zero attached hydrogens (tertiary/aromatic N) is 3. The van der Waals surface area contributed by atoms with E-state index >= 15 is 0 Å². The predicted molar refractivity (Wildman–Crippen MR) is 69.7 cm³/mol. The highest BCUT2D eigenvalue weighted by atomic mass is 16.5. The molecule has 1 rings (SSSR count). The van der Waals surface area contributed by atoms with E-state index in [9.17, 15) is 4.79 Å². The van der Waals surface area contributed by atoms with E-state index in [1.165, 1.54) is 0 Å². The average Bonchev–Trinajstić information content (AvgIpc) is 2.33. The maximum absolute atomic E-state index is 10.9. The van der Waals surface area contributed by atoms with Crippen molar-refractivity contribution in [1.29, 1.82) is 0 Å². The molecule has 0 aliphatic heterocycles. The Morgan fingerprint density at radius 1 is 1.47 bits per heavy atom. The van der Waals surface area contributed by atoms with Crippen LogP contribution in [-0.2, 0) is 9.53 Å². The summed E-state index contributed by atoms with van der Waals surface area (Å²) in [7, 11) is 1.56. The average molecular weight is 269 g/mol. The molecule has 1 aromatic rings. The Morgan fingerprint density at radius 3 is 2.79 bits per heavy atom. The number of aryl methyl sites for hydroxylation is 1. The van der Waals surface area contributed by atoms with Gasteiger partial charge >= 0.3 is 5.97 Å². The van der Waals surface area contributed by atoms with Crippen molar-refractivity contribution in [2.75, 3.05) is 38.3 Å². The first kappa shape index (κ1) is 15.2. The zero-order chi connectivity index (χ0) is 14.3. The minimum Gasteiger partial charge on any atom is -0.480 e. The molecule has 0 fully saturated rings. The van der Waals surface area contributed by atoms with Crippen molar-refractivity contribution in [3.8, 4) is 5.88 Å². The Morgan fingerprint density at radius 2 is 2.21 bits per heavy atom. The van der Waals surface area contributed by atoms with Crippen LogP contribution < -0.4 is 9.64 Å². The summed E-state index contributed by atoms with van der Waals surface area (Å²) in [4.78, 5) is 20.9. The largest absolute Gasteiger partial charge is 0.480 e. The van der Waals surface area contributed by atoms with Gasteiger partial charge in [0.05, 0.1) is 13.2 Å². The zero-order valence-electron chi connectivity index (χ0n) is 11.4. The Hall–Kier alpha value is -1.89. The van der Waals surface area contributed by atoms with Crippen molar-refractivity contribution in [1.82, 2.24) is 9.97 Å². The van der Waals surface area contributed by atoms with Gasteiger partial charge in [0.25, 0.3) is 0 Å². The molecule has 0 unspecified atom stereocenters. The molecule has 0 spiro atoms. The van der Waals surface area contributed by atoms with E-state index in [-0.39, 0.29) is 6.54 Å². The summed E-state index contributed by atoms with van der Waals surface area (Å²) < 4.78 is 10.3. The number of aromatic nitrogens is 2. The van der Waals surface area contributed by atoms with Crippen LogP contribution in [0.1, 0.15) is 12.6 Å². The number of ether oxygens (including phenoxy) is 2. The molecule has 0 aliphatic rings. The lowest BCUT2D eigenvalue weighted by molar-refractivity contribution is -0.135. The lowest BCUT2D eigenvalue weighted by Gasteiger charge is -2.20. The smallest absolute Gasteiger partial charge is 0.323 e. The van der Waals surface area contributed by atoms with Gasteiger partial charge in [0, 0.05) is 25.4 Å². The van der Waals surface area contributed by atoms with Gasteiger partial charge in [-0.3, -0.25) is 4.79 Å². The normalized spacial score (nSPS) is 10.3. The quantitative estimate of drug-likeness (QED) is 0.744. The van der Waals surface area contributed by atoms with E-state index in [1.807, 2.05) is 13.8 Å². The van der Waals surface area contributed by atoms with Gasteiger partial charge in [0.15, 0.2) is 0 Å². The molecule has 0 atom stereocenters. The highest BCUT2D eigenvalue weighted by molar-refractivity contribution is 5.72. The Bertz CT molecular complexity index is 425. The van der Waals surface area contributed by atoms with Gasteiger partial charge in [0.1, 0.15) is 6.54 Å². The van der Waals surface area contributed by atoms with Gasteiger partial charge in [-0.05, 0) is 13.8 Å². The van der Waals surface area contributed by atoms with Crippen molar-refractivity contribution >= 4 is 11.9 Å². The van der Waals surface area contributed by atoms with E-state index in [1.54, 1.807) is 18.1 Å². The van der Waals surface area contributed by atoms with Crippen LogP contribution in [-0.4, -0.2) is 54.5 Å². The number of hydrogen-bond donors (Lipinski definition) is 1. The number of carboxylic acids is 1. The zero-order valence-corrected chi connectivity index (χ0v) is 11.4. The SMILES string of the molecule is CCOc1cc(C)nc(N(CCOC)CC(=O)O)n1. The van der Waals surface area contributed by atoms with Crippen molar-refractivity contribution in [2.45, 2.75) is 13.8 Å². The molecule has 0 aromatic carbocycles. The van der Waals surface area contributed by atoms with E-state index in [4.69, 9.17) is 14.6 Å². The standard InChI is InChI=1S/C12H19N3O4/c1-4-19-10-7-9(2)13-12(14-10)15(5-6-18-3)8-11(16)17/h7H,4-6,8H2,1-3H3,(H,16,17). The van der Waals surface area contributed by atoms with Crippen LogP contribution in [0.15, 0.2) is 6.07 Å². The van der Waals surface area contributed by atoms with Crippen LogP contribution in [0.2, 0.25) is 0 Å². The predicted octanol–water partition coefficient (Wildman–Crippen LogP) is 0.721. The number of carbonyl (C=O) groups is 1. The van der Waals surface area contributed by atoms with Crippen molar-refractivity contribution < 1.29 is 19.4 Å². The second kappa shape index (κ2) is 7.52. The fourth-order valence-corrected chi connectivity index (χ4v) is 1.50. The third-order valence-electron chi connectivity index (χ3n) is 2.29. The molecule has 1 N–H and O–H groups in total. The van der Waals surface area contributed by atoms with Crippen LogP contribution in [0.3, 0.4) is 0 Å². The number of rotatable bonds is 8. The van der Waals surface area contributed by atoms with Crippen LogP contribution in [0.4, 0.5) is 5.95 Å². The molecule has 0 aliphatic carbocycles. The monoisotopic (exact) mass is 269 g/mol. The molecule has 7 heteroatoms. The van der Waals surface area contributed by atoms with Gasteiger partial charge in [-0.2, -0.15) is 4.98 Å². The first-order valence-corrected chi connectivity index (χ1v) is 6.01. The second-order valence-corrected chi connectivity index (χ2v) is 3.89. The third kappa shape index (κ3) is 5.09. The number of carboxylic acid groups (broad SMARTS) is 1. The first-order valence-electron chi connectivity index (χ1n) is 6.01. The molecule has 0 bridgehead atoms. The minimum atomic E-state index is -0.945. The van der Waals surface area contributed by atoms with Gasteiger partial charge in [-0.1, -0.05) is 0 Å². The van der Waals surface area contributed by atoms with Crippen molar-refractivity contribution in [2.24, 2.45) is 0 Å². The maximum atomic E-state index is 10.9. The molecular weight excluding hydrogens is 250 g/mol. The van der Waals surface area contributed by atoms with Crippen LogP contribution in [0, 0.1) is 6.92 Å². The van der Waals surface area contributed by atoms with E-state index in [0.29, 0.717) is 31.6 Å². The van der Waals surface area contributed by atoms with Crippen LogP contribution in [0.5, 0.6) is 5.88 Å². The van der Waals surface area contributed by atoms with Gasteiger partial charge in [0.2, 0.25) is 11.8 Å². The first-order chi connectivity index (χ1) is 9.06. The fraction of sp³-hybridized carbons (Fsp3) is 0.583. The molecule has 1 heterocycles. The Labute approximate surface area is 112 Å². The van der Waals surface area contributed by atoms with E-state index in [2.05, 4.69) is 9.97 Å². The summed E-state index contributed by atoms with van der Waals surface area (Å²) in [5.74, 6) is -0.167. The highest BCUT2D eigenvalue weighted by Gasteiger charge is 2.15. The minimum absolute atomic E-state index is 0.182. The lowest BCUT2D eigenvalue weighted by Crippen LogP contribution is -2.34. The molecule has 106 valence electrons. The van der Waals surface area contributed by atoms with Gasteiger partial charge in [-0.25, -0.2) is 4.98 Å². The lowest BCUT2D eigenvalue weighted by atomic mass is 10.4. The van der Waals surface area contributed by atoms with Crippen molar-refractivity contribution in [3.63, 3.8) is 0 Å². The molecule has 7 nitrogen and oxygen atoms in total. The summed E-state index contributed by atoms with van der Waals surface area (Å²) in [6.07, 6.45) is 0. The summed E-state index contributed by atoms with van der Waals surface area (Å²) in [6, 6.07) is 1.71. The topological polar surface area (TPSA) is 84.8 Å². The van der Waals surface area contributed by atoms with Crippen LogP contribution in [0.25, 0.3) is 0 Å². The van der Waals surface area contributed by atoms with Gasteiger partial charge in [-0.15, -0.1) is 0 Å². The summed E-state index contributed by atoms with van der Waals surface area (Å²) in [5.41, 5.74) is 0.723. The Kier molecular flexibility index (Phi) is 6.01. The molecule has 1 aromatic heterocycles. The van der Waals surface area contributed by atoms with E-state index < -0.39 is 5.97 Å². The third-order valence-corrected chi connectivity index (χ3v) is 2.29. The van der Waals surface area contributed by atoms with Gasteiger partial charge < -0.3 is 19.5 Å². The summed E-state index contributed by atoms with van der Waals surface area (Å²) in [6.45, 7) is 4.78. The fourth-order valence-electron chi connectivity index (χ4n) is 1.50. The summed E-state index contributed by atoms with van der Waals surface area (Å²) >= 11 is 0. The number of methoxy groups -OCH3 is 1. The summed E-state index contributed by atoms with van der Waals surface area (Å²) in [5, 5.41) is 8.92. The number of aliphatic carboxylic acids is 1. The number of anilines is 1. The van der Waals surface area contributed by atoms with Crippen LogP contribution >= 0.6 is 0 Å². The second-order valence-electron chi connectivity index (χ2n) is 3.89. The molecule has 0 saturated carbocycles. The highest BCUT2D eigenvalue weighted by Crippen LogP contribution is 2.15. The molecule has 0 radical (unpaired) electrons. The molecule has 19 heavy (non-hydrogen) atoms. The molecular formula is C12H19N3O4. The maximum Gasteiger partial charge on any atom is 0.323 e. The van der Waals surface area contributed by atoms with Crippen molar-refractivity contribution in [3.05, 3.63) is 11.8 Å². The number of hydrogen-bond acceptors (Lipinski definition) is 6. The Balaban J connectivity index is 2.95. The molecule has 0 amide bonds.